The lowest BCUT2D eigenvalue weighted by Gasteiger charge is -2.30. The van der Waals surface area contributed by atoms with Crippen molar-refractivity contribution >= 4 is 22.4 Å². The molecule has 1 aliphatic carbocycles. The summed E-state index contributed by atoms with van der Waals surface area (Å²) >= 11 is 5.74. The molecule has 18 heavy (non-hydrogen) atoms. The third kappa shape index (κ3) is 2.92. The van der Waals surface area contributed by atoms with Gasteiger partial charge in [-0.1, -0.05) is 24.4 Å². The summed E-state index contributed by atoms with van der Waals surface area (Å²) in [6, 6.07) is 4.60. The van der Waals surface area contributed by atoms with E-state index in [-0.39, 0.29) is 16.3 Å². The second-order valence-corrected chi connectivity index (χ2v) is 6.67. The fraction of sp³-hybridized carbons (Fsp3) is 0.538. The van der Waals surface area contributed by atoms with Gasteiger partial charge in [0.25, 0.3) is 0 Å². The average molecular weight is 290 g/mol. The van der Waals surface area contributed by atoms with Crippen molar-refractivity contribution in [3.05, 3.63) is 29.0 Å². The van der Waals surface area contributed by atoms with Gasteiger partial charge in [0, 0.05) is 10.9 Å². The molecule has 0 heterocycles. The van der Waals surface area contributed by atoms with Crippen LogP contribution in [-0.4, -0.2) is 22.5 Å². The molecule has 1 saturated carbocycles. The Kier molecular flexibility index (Phi) is 4.76. The van der Waals surface area contributed by atoms with E-state index in [0.29, 0.717) is 4.90 Å². The lowest BCUT2D eigenvalue weighted by atomic mass is 9.95. The molecule has 5 heteroatoms. The molecule has 1 fully saturated rings. The lowest BCUT2D eigenvalue weighted by Crippen LogP contribution is -2.42. The van der Waals surface area contributed by atoms with E-state index in [1.54, 1.807) is 6.07 Å². The molecule has 0 aliphatic heterocycles. The second-order valence-electron chi connectivity index (χ2n) is 4.59. The van der Waals surface area contributed by atoms with Gasteiger partial charge < -0.3 is 5.32 Å². The first-order valence-electron chi connectivity index (χ1n) is 6.16. The van der Waals surface area contributed by atoms with Crippen LogP contribution in [0, 0.1) is 5.82 Å². The average Bonchev–Trinajstić information content (AvgIpc) is 2.41. The number of hydrogen-bond donors (Lipinski definition) is 1. The largest absolute Gasteiger partial charge is 0.316 e. The summed E-state index contributed by atoms with van der Waals surface area (Å²) < 4.78 is 25.6. The van der Waals surface area contributed by atoms with Gasteiger partial charge in [0.05, 0.1) is 21.1 Å². The van der Waals surface area contributed by atoms with Crippen molar-refractivity contribution < 1.29 is 8.60 Å². The quantitative estimate of drug-likeness (QED) is 0.926. The standard InChI is InChI=1S/C13H17ClFNOS/c1-16-12-4-2-3-5-13(12)18(17)9-6-7-11(15)10(14)8-9/h6-8,12-13,16H,2-5H2,1H3. The SMILES string of the molecule is CNC1CCCCC1S(=O)c1ccc(F)c(Cl)c1. The number of halogens is 2. The third-order valence-corrected chi connectivity index (χ3v) is 5.59. The van der Waals surface area contributed by atoms with E-state index in [9.17, 15) is 8.60 Å². The van der Waals surface area contributed by atoms with E-state index < -0.39 is 16.6 Å². The molecule has 2 nitrogen and oxygen atoms in total. The summed E-state index contributed by atoms with van der Waals surface area (Å²) in [7, 11) is 0.769. The van der Waals surface area contributed by atoms with Crippen LogP contribution >= 0.6 is 11.6 Å². The topological polar surface area (TPSA) is 29.1 Å². The highest BCUT2D eigenvalue weighted by molar-refractivity contribution is 7.85. The summed E-state index contributed by atoms with van der Waals surface area (Å²) in [5.41, 5.74) is 0. The van der Waals surface area contributed by atoms with Gasteiger partial charge in [0.15, 0.2) is 0 Å². The van der Waals surface area contributed by atoms with Crippen molar-refractivity contribution in [1.82, 2.24) is 5.32 Å². The summed E-state index contributed by atoms with van der Waals surface area (Å²) in [6.07, 6.45) is 4.25. The predicted octanol–water partition coefficient (Wildman–Crippen LogP) is 3.12. The van der Waals surface area contributed by atoms with Crippen LogP contribution in [-0.2, 0) is 10.8 Å². The van der Waals surface area contributed by atoms with E-state index in [1.807, 2.05) is 7.05 Å². The van der Waals surface area contributed by atoms with E-state index in [0.717, 1.165) is 19.3 Å². The summed E-state index contributed by atoms with van der Waals surface area (Å²) in [5, 5.41) is 3.36. The van der Waals surface area contributed by atoms with Gasteiger partial charge in [0.2, 0.25) is 0 Å². The molecule has 0 radical (unpaired) electrons. The zero-order valence-electron chi connectivity index (χ0n) is 10.3. The van der Waals surface area contributed by atoms with E-state index in [1.165, 1.54) is 18.6 Å². The minimum Gasteiger partial charge on any atom is -0.316 e. The van der Waals surface area contributed by atoms with Crippen LogP contribution in [0.3, 0.4) is 0 Å². The molecule has 0 amide bonds. The molecule has 1 N–H and O–H groups in total. The van der Waals surface area contributed by atoms with E-state index in [4.69, 9.17) is 11.6 Å². The summed E-state index contributed by atoms with van der Waals surface area (Å²) in [6.45, 7) is 0. The fourth-order valence-electron chi connectivity index (χ4n) is 2.46. The molecule has 1 aliphatic rings. The molecule has 0 spiro atoms. The van der Waals surface area contributed by atoms with E-state index in [2.05, 4.69) is 5.32 Å². The second kappa shape index (κ2) is 6.13. The van der Waals surface area contributed by atoms with Crippen molar-refractivity contribution in [2.24, 2.45) is 0 Å². The van der Waals surface area contributed by atoms with Crippen LogP contribution in [0.25, 0.3) is 0 Å². The van der Waals surface area contributed by atoms with Crippen LogP contribution in [0.15, 0.2) is 23.1 Å². The van der Waals surface area contributed by atoms with Crippen LogP contribution in [0.1, 0.15) is 25.7 Å². The monoisotopic (exact) mass is 289 g/mol. The number of rotatable bonds is 3. The molecular formula is C13H17ClFNOS. The Morgan fingerprint density at radius 3 is 2.78 bits per heavy atom. The van der Waals surface area contributed by atoms with Gasteiger partial charge in [-0.25, -0.2) is 4.39 Å². The normalized spacial score (nSPS) is 25.9. The Morgan fingerprint density at radius 2 is 2.11 bits per heavy atom. The molecule has 1 aromatic rings. The third-order valence-electron chi connectivity index (χ3n) is 3.47. The smallest absolute Gasteiger partial charge is 0.141 e. The zero-order valence-corrected chi connectivity index (χ0v) is 11.9. The van der Waals surface area contributed by atoms with Crippen LogP contribution in [0.5, 0.6) is 0 Å². The zero-order chi connectivity index (χ0) is 13.1. The highest BCUT2D eigenvalue weighted by Crippen LogP contribution is 2.28. The Balaban J connectivity index is 2.21. The maximum Gasteiger partial charge on any atom is 0.141 e. The van der Waals surface area contributed by atoms with Crippen LogP contribution in [0.2, 0.25) is 5.02 Å². The molecule has 3 atom stereocenters. The van der Waals surface area contributed by atoms with Gasteiger partial charge in [-0.05, 0) is 38.1 Å². The first kappa shape index (κ1) is 14.0. The first-order valence-corrected chi connectivity index (χ1v) is 7.75. The van der Waals surface area contributed by atoms with Gasteiger partial charge in [-0.2, -0.15) is 0 Å². The Labute approximate surface area is 114 Å². The van der Waals surface area contributed by atoms with Crippen LogP contribution < -0.4 is 5.32 Å². The molecule has 100 valence electrons. The Morgan fingerprint density at radius 1 is 1.39 bits per heavy atom. The molecule has 1 aromatic carbocycles. The Hall–Kier alpha value is -0.450. The fourth-order valence-corrected chi connectivity index (χ4v) is 4.44. The maximum absolute atomic E-state index is 13.1. The molecule has 3 unspecified atom stereocenters. The molecular weight excluding hydrogens is 273 g/mol. The summed E-state index contributed by atoms with van der Waals surface area (Å²) in [4.78, 5) is 0.619. The lowest BCUT2D eigenvalue weighted by molar-refractivity contribution is 0.399. The summed E-state index contributed by atoms with van der Waals surface area (Å²) in [5.74, 6) is -0.466. The van der Waals surface area contributed by atoms with Crippen molar-refractivity contribution in [2.75, 3.05) is 7.05 Å². The van der Waals surface area contributed by atoms with Gasteiger partial charge >= 0.3 is 0 Å². The van der Waals surface area contributed by atoms with Crippen molar-refractivity contribution in [3.8, 4) is 0 Å². The Bertz CT molecular complexity index is 455. The number of hydrogen-bond acceptors (Lipinski definition) is 2. The molecule has 2 rings (SSSR count). The minimum absolute atomic E-state index is 0.0395. The van der Waals surface area contributed by atoms with Gasteiger partial charge in [0.1, 0.15) is 5.82 Å². The van der Waals surface area contributed by atoms with Crippen molar-refractivity contribution in [2.45, 2.75) is 41.9 Å². The minimum atomic E-state index is -1.13. The van der Waals surface area contributed by atoms with E-state index >= 15 is 0 Å². The number of benzene rings is 1. The highest BCUT2D eigenvalue weighted by Gasteiger charge is 2.29. The molecule has 0 bridgehead atoms. The van der Waals surface area contributed by atoms with Gasteiger partial charge in [-0.3, -0.25) is 4.21 Å². The van der Waals surface area contributed by atoms with Crippen molar-refractivity contribution in [1.29, 1.82) is 0 Å². The number of nitrogens with one attached hydrogen (secondary N) is 1. The first-order chi connectivity index (χ1) is 8.63. The van der Waals surface area contributed by atoms with Gasteiger partial charge in [-0.15, -0.1) is 0 Å². The van der Waals surface area contributed by atoms with Crippen molar-refractivity contribution in [3.63, 3.8) is 0 Å². The highest BCUT2D eigenvalue weighted by atomic mass is 35.5. The maximum atomic E-state index is 13.1. The van der Waals surface area contributed by atoms with Crippen LogP contribution in [0.4, 0.5) is 4.39 Å². The predicted molar refractivity (Wildman–Crippen MR) is 72.9 cm³/mol. The molecule has 0 aromatic heterocycles. The molecule has 0 saturated heterocycles.